The number of ether oxygens (including phenoxy) is 1. The fourth-order valence-corrected chi connectivity index (χ4v) is 6.03. The molecule has 2 aliphatic rings. The number of nitrogens with zero attached hydrogens (tertiary/aromatic N) is 1. The van der Waals surface area contributed by atoms with Crippen molar-refractivity contribution in [1.29, 1.82) is 0 Å². The zero-order chi connectivity index (χ0) is 21.9. The number of thiophene rings is 1. The highest BCUT2D eigenvalue weighted by Gasteiger charge is 2.31. The van der Waals surface area contributed by atoms with Gasteiger partial charge in [-0.15, -0.1) is 23.7 Å². The Kier molecular flexibility index (Phi) is 6.04. The highest BCUT2D eigenvalue weighted by atomic mass is 35.5. The van der Waals surface area contributed by atoms with Crippen LogP contribution in [-0.4, -0.2) is 29.8 Å². The van der Waals surface area contributed by atoms with Gasteiger partial charge in [-0.3, -0.25) is 4.79 Å². The standard InChI is InChI=1S/C23H23FN2O4S.ClH/c1-25-16-5-3-4-11-8-17(31-22(11)16)18-15(24)9-13-19(21(18)30-2)26(12-6-7-12)10-14(20(13)27)23(28)29;/h8-10,12,16,25H,3-7H2,1-2H3,(H,28,29);1H. The van der Waals surface area contributed by atoms with Crippen molar-refractivity contribution in [3.8, 4) is 16.2 Å². The van der Waals surface area contributed by atoms with Gasteiger partial charge in [0.25, 0.3) is 0 Å². The Morgan fingerprint density at radius 1 is 1.31 bits per heavy atom. The van der Waals surface area contributed by atoms with Gasteiger partial charge in [0.15, 0.2) is 5.75 Å². The molecular formula is C23H24ClFN2O4S. The van der Waals surface area contributed by atoms with Gasteiger partial charge >= 0.3 is 5.97 Å². The van der Waals surface area contributed by atoms with Gasteiger partial charge in [0.05, 0.1) is 23.6 Å². The molecule has 5 rings (SSSR count). The Morgan fingerprint density at radius 2 is 2.06 bits per heavy atom. The summed E-state index contributed by atoms with van der Waals surface area (Å²) in [5, 5.41) is 12.9. The molecule has 1 saturated carbocycles. The van der Waals surface area contributed by atoms with Crippen molar-refractivity contribution in [2.45, 2.75) is 44.2 Å². The molecule has 0 bridgehead atoms. The third kappa shape index (κ3) is 3.50. The average Bonchev–Trinajstić information content (AvgIpc) is 3.50. The van der Waals surface area contributed by atoms with Crippen LogP contribution in [0.4, 0.5) is 4.39 Å². The Labute approximate surface area is 194 Å². The lowest BCUT2D eigenvalue weighted by Crippen LogP contribution is -2.19. The lowest BCUT2D eigenvalue weighted by molar-refractivity contribution is 0.0695. The van der Waals surface area contributed by atoms with E-state index in [9.17, 15) is 14.7 Å². The molecule has 2 aromatic heterocycles. The van der Waals surface area contributed by atoms with Gasteiger partial charge in [0.1, 0.15) is 11.4 Å². The molecule has 3 aromatic rings. The van der Waals surface area contributed by atoms with Gasteiger partial charge in [0.2, 0.25) is 5.43 Å². The summed E-state index contributed by atoms with van der Waals surface area (Å²) in [6.07, 6.45) is 6.21. The Hall–Kier alpha value is -2.42. The molecule has 1 fully saturated rings. The van der Waals surface area contributed by atoms with Crippen molar-refractivity contribution in [2.24, 2.45) is 0 Å². The van der Waals surface area contributed by atoms with E-state index in [1.54, 1.807) is 15.9 Å². The molecule has 32 heavy (non-hydrogen) atoms. The number of rotatable bonds is 5. The number of aryl methyl sites for hydroxylation is 1. The molecule has 6 nitrogen and oxygen atoms in total. The van der Waals surface area contributed by atoms with E-state index in [1.165, 1.54) is 29.8 Å². The van der Waals surface area contributed by atoms with Gasteiger partial charge < -0.3 is 19.7 Å². The van der Waals surface area contributed by atoms with Crippen LogP contribution >= 0.6 is 23.7 Å². The average molecular weight is 479 g/mol. The van der Waals surface area contributed by atoms with Crippen LogP contribution in [0.5, 0.6) is 5.75 Å². The molecule has 1 aromatic carbocycles. The molecule has 0 spiro atoms. The number of methoxy groups -OCH3 is 1. The van der Waals surface area contributed by atoms with Gasteiger partial charge in [-0.25, -0.2) is 9.18 Å². The molecule has 0 amide bonds. The largest absolute Gasteiger partial charge is 0.494 e. The predicted molar refractivity (Wildman–Crippen MR) is 125 cm³/mol. The number of fused-ring (bicyclic) bond motifs is 2. The van der Waals surface area contributed by atoms with Crippen LogP contribution in [0.3, 0.4) is 0 Å². The van der Waals surface area contributed by atoms with Crippen molar-refractivity contribution < 1.29 is 19.0 Å². The number of benzene rings is 1. The van der Waals surface area contributed by atoms with Crippen molar-refractivity contribution in [3.63, 3.8) is 0 Å². The van der Waals surface area contributed by atoms with Crippen molar-refractivity contribution in [2.75, 3.05) is 14.2 Å². The number of halogens is 2. The van der Waals surface area contributed by atoms with E-state index in [2.05, 4.69) is 5.32 Å². The van der Waals surface area contributed by atoms with E-state index < -0.39 is 17.2 Å². The molecule has 9 heteroatoms. The maximum Gasteiger partial charge on any atom is 0.341 e. The number of carbonyl (C=O) groups is 1. The third-order valence-corrected chi connectivity index (χ3v) is 7.60. The molecule has 2 N–H and O–H groups in total. The molecule has 1 atom stereocenters. The second kappa shape index (κ2) is 8.50. The number of carboxylic acids is 1. The quantitative estimate of drug-likeness (QED) is 0.543. The molecule has 0 saturated heterocycles. The summed E-state index contributed by atoms with van der Waals surface area (Å²) in [5.41, 5.74) is 0.975. The predicted octanol–water partition coefficient (Wildman–Crippen LogP) is 4.93. The van der Waals surface area contributed by atoms with Gasteiger partial charge in [-0.1, -0.05) is 0 Å². The number of nitrogens with one attached hydrogen (secondary N) is 1. The molecular weight excluding hydrogens is 455 g/mol. The summed E-state index contributed by atoms with van der Waals surface area (Å²) in [4.78, 5) is 26.4. The molecule has 170 valence electrons. The summed E-state index contributed by atoms with van der Waals surface area (Å²) in [5.74, 6) is -1.60. The Bertz CT molecular complexity index is 1280. The molecule has 1 unspecified atom stereocenters. The summed E-state index contributed by atoms with van der Waals surface area (Å²) >= 11 is 1.55. The fraction of sp³-hybridized carbons (Fsp3) is 0.391. The van der Waals surface area contributed by atoms with Crippen LogP contribution in [0, 0.1) is 5.82 Å². The van der Waals surface area contributed by atoms with Crippen LogP contribution in [-0.2, 0) is 6.42 Å². The van der Waals surface area contributed by atoms with Crippen molar-refractivity contribution >= 4 is 40.6 Å². The minimum absolute atomic E-state index is 0. The third-order valence-electron chi connectivity index (χ3n) is 6.29. The van der Waals surface area contributed by atoms with E-state index in [0.717, 1.165) is 37.0 Å². The summed E-state index contributed by atoms with van der Waals surface area (Å²) in [6, 6.07) is 3.54. The lowest BCUT2D eigenvalue weighted by Gasteiger charge is -2.21. The second-order valence-corrected chi connectivity index (χ2v) is 9.30. The maximum atomic E-state index is 15.5. The van der Waals surface area contributed by atoms with E-state index in [4.69, 9.17) is 4.74 Å². The first-order valence-electron chi connectivity index (χ1n) is 10.4. The normalized spacial score (nSPS) is 17.7. The van der Waals surface area contributed by atoms with Gasteiger partial charge in [-0.2, -0.15) is 0 Å². The number of hydrogen-bond donors (Lipinski definition) is 2. The zero-order valence-corrected chi connectivity index (χ0v) is 19.4. The molecule has 2 heterocycles. The first-order valence-corrected chi connectivity index (χ1v) is 11.2. The van der Waals surface area contributed by atoms with E-state index in [1.807, 2.05) is 13.1 Å². The zero-order valence-electron chi connectivity index (χ0n) is 17.7. The first-order chi connectivity index (χ1) is 14.9. The van der Waals surface area contributed by atoms with E-state index in [-0.39, 0.29) is 41.2 Å². The topological polar surface area (TPSA) is 80.6 Å². The van der Waals surface area contributed by atoms with Crippen LogP contribution in [0.25, 0.3) is 21.3 Å². The maximum absolute atomic E-state index is 15.5. The van der Waals surface area contributed by atoms with Crippen LogP contribution in [0.15, 0.2) is 23.1 Å². The Morgan fingerprint density at radius 3 is 2.69 bits per heavy atom. The van der Waals surface area contributed by atoms with Gasteiger partial charge in [0, 0.05) is 28.0 Å². The summed E-state index contributed by atoms with van der Waals surface area (Å²) in [6.45, 7) is 0. The van der Waals surface area contributed by atoms with Crippen LogP contribution in [0.2, 0.25) is 0 Å². The summed E-state index contributed by atoms with van der Waals surface area (Å²) in [7, 11) is 3.40. The monoisotopic (exact) mass is 478 g/mol. The molecule has 2 aliphatic carbocycles. The van der Waals surface area contributed by atoms with Crippen LogP contribution in [0.1, 0.15) is 58.6 Å². The second-order valence-electron chi connectivity index (χ2n) is 8.21. The molecule has 0 aliphatic heterocycles. The Balaban J connectivity index is 0.00000245. The number of hydrogen-bond acceptors (Lipinski definition) is 5. The SMILES string of the molecule is CNC1CCCc2cc(-c3c(F)cc4c(=O)c(C(=O)O)cn(C5CC5)c4c3OC)sc21.Cl. The van der Waals surface area contributed by atoms with E-state index >= 15 is 4.39 Å². The fourth-order valence-electron chi connectivity index (χ4n) is 4.63. The lowest BCUT2D eigenvalue weighted by atomic mass is 9.94. The number of aromatic carboxylic acids is 1. The number of carboxylic acid groups (broad SMARTS) is 1. The summed E-state index contributed by atoms with van der Waals surface area (Å²) < 4.78 is 23.0. The number of pyridine rings is 1. The van der Waals surface area contributed by atoms with Crippen molar-refractivity contribution in [1.82, 2.24) is 9.88 Å². The minimum Gasteiger partial charge on any atom is -0.494 e. The van der Waals surface area contributed by atoms with Gasteiger partial charge in [-0.05, 0) is 56.8 Å². The molecule has 0 radical (unpaired) electrons. The van der Waals surface area contributed by atoms with E-state index in [0.29, 0.717) is 11.1 Å². The first kappa shape index (κ1) is 22.8. The minimum atomic E-state index is -1.31. The number of aromatic nitrogens is 1. The van der Waals surface area contributed by atoms with Crippen LogP contribution < -0.4 is 15.5 Å². The highest BCUT2D eigenvalue weighted by Crippen LogP contribution is 2.47. The smallest absolute Gasteiger partial charge is 0.341 e. The highest BCUT2D eigenvalue weighted by molar-refractivity contribution is 7.15. The van der Waals surface area contributed by atoms with Crippen molar-refractivity contribution in [3.05, 3.63) is 50.4 Å².